The highest BCUT2D eigenvalue weighted by atomic mass is 16.1. The molecule has 3 heterocycles. The van der Waals surface area contributed by atoms with Gasteiger partial charge in [-0.1, -0.05) is 25.7 Å². The molecule has 1 aliphatic heterocycles. The number of amides is 1. The maximum Gasteiger partial charge on any atom is 0.252 e. The lowest BCUT2D eigenvalue weighted by atomic mass is 9.93. The summed E-state index contributed by atoms with van der Waals surface area (Å²) in [6, 6.07) is 2.41. The third-order valence-corrected chi connectivity index (χ3v) is 7.68. The molecule has 5 rings (SSSR count). The molecule has 0 bridgehead atoms. The molecule has 7 heteroatoms. The van der Waals surface area contributed by atoms with Gasteiger partial charge >= 0.3 is 0 Å². The first-order valence-corrected chi connectivity index (χ1v) is 11.7. The number of fused-ring (bicyclic) bond motifs is 1. The zero-order valence-electron chi connectivity index (χ0n) is 18.1. The van der Waals surface area contributed by atoms with Gasteiger partial charge in [0.1, 0.15) is 5.52 Å². The highest BCUT2D eigenvalue weighted by Gasteiger charge is 2.40. The number of likely N-dealkylation sites (N-methyl/N-ethyl adjacent to an activating group) is 1. The van der Waals surface area contributed by atoms with Crippen LogP contribution in [0.3, 0.4) is 0 Å². The van der Waals surface area contributed by atoms with E-state index in [0.717, 1.165) is 43.9 Å². The van der Waals surface area contributed by atoms with Crippen molar-refractivity contribution in [2.24, 2.45) is 0 Å². The van der Waals surface area contributed by atoms with Crippen molar-refractivity contribution in [3.05, 3.63) is 24.2 Å². The topological polar surface area (TPSA) is 66.3 Å². The molecule has 1 saturated heterocycles. The van der Waals surface area contributed by atoms with Gasteiger partial charge in [-0.2, -0.15) is 0 Å². The lowest BCUT2D eigenvalue weighted by Gasteiger charge is -2.45. The molecule has 3 fully saturated rings. The normalized spacial score (nSPS) is 23.4. The summed E-state index contributed by atoms with van der Waals surface area (Å²) in [5.41, 5.74) is 2.47. The predicted molar refractivity (Wildman–Crippen MR) is 118 cm³/mol. The minimum atomic E-state index is -0.0276. The number of hydrogen-bond donors (Lipinski definition) is 1. The van der Waals surface area contributed by atoms with E-state index in [0.29, 0.717) is 11.6 Å². The van der Waals surface area contributed by atoms with Gasteiger partial charge in [-0.15, -0.1) is 0 Å². The number of piperazine rings is 1. The number of carbonyl (C=O) groups excluding carboxylic acids is 1. The molecule has 0 aromatic carbocycles. The molecule has 0 radical (unpaired) electrons. The molecule has 2 aromatic heterocycles. The number of hydrogen-bond acceptors (Lipinski definition) is 5. The van der Waals surface area contributed by atoms with E-state index in [1.807, 2.05) is 12.4 Å². The van der Waals surface area contributed by atoms with Crippen LogP contribution in [0.5, 0.6) is 0 Å². The summed E-state index contributed by atoms with van der Waals surface area (Å²) < 4.78 is 2.20. The van der Waals surface area contributed by atoms with Crippen LogP contribution >= 0.6 is 0 Å². The molecule has 2 aliphatic carbocycles. The third-order valence-electron chi connectivity index (χ3n) is 7.68. The number of carbonyl (C=O) groups is 1. The molecule has 162 valence electrons. The average Bonchev–Trinajstić information content (AvgIpc) is 3.52. The quantitative estimate of drug-likeness (QED) is 0.821. The molecule has 0 atom stereocenters. The Morgan fingerprint density at radius 2 is 1.83 bits per heavy atom. The van der Waals surface area contributed by atoms with E-state index in [4.69, 9.17) is 0 Å². The molecule has 30 heavy (non-hydrogen) atoms. The van der Waals surface area contributed by atoms with E-state index < -0.39 is 0 Å². The van der Waals surface area contributed by atoms with Gasteiger partial charge in [-0.25, -0.2) is 9.97 Å². The largest absolute Gasteiger partial charge is 0.350 e. The van der Waals surface area contributed by atoms with Gasteiger partial charge in [-0.05, 0) is 38.8 Å². The second kappa shape index (κ2) is 8.27. The zero-order chi connectivity index (χ0) is 20.6. The Kier molecular flexibility index (Phi) is 5.50. The maximum atomic E-state index is 13.0. The number of pyridine rings is 1. The number of nitrogens with zero attached hydrogens (tertiary/aromatic N) is 5. The lowest BCUT2D eigenvalue weighted by molar-refractivity contribution is 0.0414. The summed E-state index contributed by atoms with van der Waals surface area (Å²) in [5.74, 6) is -0.0276. The molecule has 0 unspecified atom stereocenters. The maximum absolute atomic E-state index is 13.0. The van der Waals surface area contributed by atoms with Gasteiger partial charge in [0.25, 0.3) is 5.91 Å². The van der Waals surface area contributed by atoms with Crippen molar-refractivity contribution in [1.82, 2.24) is 29.7 Å². The Morgan fingerprint density at radius 3 is 2.57 bits per heavy atom. The Hall–Kier alpha value is -1.99. The Balaban J connectivity index is 1.28. The van der Waals surface area contributed by atoms with Crippen molar-refractivity contribution in [1.29, 1.82) is 0 Å². The number of rotatable bonds is 5. The van der Waals surface area contributed by atoms with Crippen LogP contribution in [-0.4, -0.2) is 75.6 Å². The Morgan fingerprint density at radius 1 is 1.10 bits per heavy atom. The van der Waals surface area contributed by atoms with Crippen molar-refractivity contribution in [2.75, 3.05) is 39.8 Å². The molecule has 2 saturated carbocycles. The van der Waals surface area contributed by atoms with Crippen molar-refractivity contribution in [3.8, 4) is 0 Å². The van der Waals surface area contributed by atoms with E-state index >= 15 is 0 Å². The van der Waals surface area contributed by atoms with E-state index in [1.54, 1.807) is 6.20 Å². The second-order valence-corrected chi connectivity index (χ2v) is 9.56. The number of imidazole rings is 1. The van der Waals surface area contributed by atoms with Crippen LogP contribution in [-0.2, 0) is 0 Å². The van der Waals surface area contributed by atoms with Gasteiger partial charge in [0.2, 0.25) is 0 Å². The summed E-state index contributed by atoms with van der Waals surface area (Å²) in [6.45, 7) is 5.14. The summed E-state index contributed by atoms with van der Waals surface area (Å²) in [7, 11) is 2.19. The van der Waals surface area contributed by atoms with Gasteiger partial charge in [0.05, 0.1) is 11.9 Å². The van der Waals surface area contributed by atoms with Crippen LogP contribution in [0.1, 0.15) is 67.8 Å². The fourth-order valence-corrected chi connectivity index (χ4v) is 5.76. The smallest absolute Gasteiger partial charge is 0.252 e. The molecular formula is C23H34N6O. The first-order chi connectivity index (χ1) is 14.6. The fraction of sp³-hybridized carbons (Fsp3) is 0.696. The molecule has 7 nitrogen and oxygen atoms in total. The monoisotopic (exact) mass is 410 g/mol. The minimum absolute atomic E-state index is 0.0276. The van der Waals surface area contributed by atoms with Crippen LogP contribution in [0.15, 0.2) is 18.6 Å². The molecule has 0 spiro atoms. The standard InChI is InChI=1S/C23H34N6O/c1-27-10-12-28(13-11-27)23(8-4-5-9-23)16-25-22(30)18-14-20-21(24-15-18)29(17-26-20)19-6-2-3-7-19/h14-15,17,19H,2-13,16H2,1H3,(H,25,30). The zero-order valence-corrected chi connectivity index (χ0v) is 18.1. The van der Waals surface area contributed by atoms with Gasteiger partial charge in [0.15, 0.2) is 5.65 Å². The Labute approximate surface area is 178 Å². The molecule has 3 aliphatic rings. The molecule has 2 aromatic rings. The van der Waals surface area contributed by atoms with Gasteiger partial charge in [0, 0.05) is 50.5 Å². The van der Waals surface area contributed by atoms with Crippen molar-refractivity contribution >= 4 is 17.1 Å². The van der Waals surface area contributed by atoms with Gasteiger partial charge in [-0.3, -0.25) is 9.69 Å². The van der Waals surface area contributed by atoms with Crippen molar-refractivity contribution < 1.29 is 4.79 Å². The summed E-state index contributed by atoms with van der Waals surface area (Å²) in [5, 5.41) is 3.25. The van der Waals surface area contributed by atoms with Crippen molar-refractivity contribution in [3.63, 3.8) is 0 Å². The van der Waals surface area contributed by atoms with Crippen LogP contribution < -0.4 is 5.32 Å². The highest BCUT2D eigenvalue weighted by molar-refractivity contribution is 5.96. The second-order valence-electron chi connectivity index (χ2n) is 9.56. The number of aromatic nitrogens is 3. The summed E-state index contributed by atoms with van der Waals surface area (Å²) in [6.07, 6.45) is 13.5. The van der Waals surface area contributed by atoms with Crippen LogP contribution in [0.2, 0.25) is 0 Å². The first kappa shape index (κ1) is 19.9. The minimum Gasteiger partial charge on any atom is -0.350 e. The summed E-state index contributed by atoms with van der Waals surface area (Å²) >= 11 is 0. The third kappa shape index (κ3) is 3.73. The molecule has 1 N–H and O–H groups in total. The molecular weight excluding hydrogens is 376 g/mol. The van der Waals surface area contributed by atoms with E-state index in [-0.39, 0.29) is 11.4 Å². The van der Waals surface area contributed by atoms with E-state index in [1.165, 1.54) is 51.4 Å². The van der Waals surface area contributed by atoms with E-state index in [2.05, 4.69) is 36.7 Å². The lowest BCUT2D eigenvalue weighted by Crippen LogP contribution is -2.59. The fourth-order valence-electron chi connectivity index (χ4n) is 5.76. The van der Waals surface area contributed by atoms with Crippen LogP contribution in [0.4, 0.5) is 0 Å². The van der Waals surface area contributed by atoms with E-state index in [9.17, 15) is 4.79 Å². The van der Waals surface area contributed by atoms with Crippen molar-refractivity contribution in [2.45, 2.75) is 62.9 Å². The van der Waals surface area contributed by atoms with Gasteiger partial charge < -0.3 is 14.8 Å². The SMILES string of the molecule is CN1CCN(C2(CNC(=O)c3cnc4c(c3)ncn4C3CCCC3)CCCC2)CC1. The Bertz CT molecular complexity index is 888. The average molecular weight is 411 g/mol. The van der Waals surface area contributed by atoms with Crippen LogP contribution in [0, 0.1) is 0 Å². The number of nitrogens with one attached hydrogen (secondary N) is 1. The molecule has 1 amide bonds. The predicted octanol–water partition coefficient (Wildman–Crippen LogP) is 2.84. The first-order valence-electron chi connectivity index (χ1n) is 11.7. The van der Waals surface area contributed by atoms with Crippen LogP contribution in [0.25, 0.3) is 11.2 Å². The highest BCUT2D eigenvalue weighted by Crippen LogP contribution is 2.35. The summed E-state index contributed by atoms with van der Waals surface area (Å²) in [4.78, 5) is 27.2.